The first-order valence-electron chi connectivity index (χ1n) is 7.57. The smallest absolute Gasteiger partial charge is 0.127 e. The van der Waals surface area contributed by atoms with Crippen LogP contribution in [0.3, 0.4) is 0 Å². The molecule has 2 unspecified atom stereocenters. The van der Waals surface area contributed by atoms with Gasteiger partial charge in [0.15, 0.2) is 0 Å². The van der Waals surface area contributed by atoms with Crippen LogP contribution in [0.25, 0.3) is 0 Å². The van der Waals surface area contributed by atoms with Gasteiger partial charge in [-0.15, -0.1) is 0 Å². The molecule has 0 aromatic heterocycles. The number of hydrogen-bond acceptors (Lipinski definition) is 3. The zero-order valence-electron chi connectivity index (χ0n) is 12.0. The van der Waals surface area contributed by atoms with E-state index in [2.05, 4.69) is 4.90 Å². The first kappa shape index (κ1) is 15.4. The molecule has 2 rings (SSSR count). The Morgan fingerprint density at radius 1 is 1.35 bits per heavy atom. The topological polar surface area (TPSA) is 49.5 Å². The molecule has 1 fully saturated rings. The van der Waals surface area contributed by atoms with E-state index in [-0.39, 0.29) is 18.5 Å². The van der Waals surface area contributed by atoms with Crippen LogP contribution in [0.1, 0.15) is 43.7 Å². The lowest BCUT2D eigenvalue weighted by Gasteiger charge is -2.36. The molecule has 20 heavy (non-hydrogen) atoms. The lowest BCUT2D eigenvalue weighted by molar-refractivity contribution is 0.116. The van der Waals surface area contributed by atoms with E-state index in [4.69, 9.17) is 10.8 Å². The molecule has 1 aromatic carbocycles. The Labute approximate surface area is 120 Å². The normalized spacial score (nSPS) is 21.9. The van der Waals surface area contributed by atoms with Gasteiger partial charge in [0, 0.05) is 30.8 Å². The second kappa shape index (κ2) is 7.72. The summed E-state index contributed by atoms with van der Waals surface area (Å²) >= 11 is 0. The molecule has 4 heteroatoms. The molecule has 3 N–H and O–H groups in total. The van der Waals surface area contributed by atoms with E-state index in [1.807, 2.05) is 6.07 Å². The molecule has 1 saturated heterocycles. The van der Waals surface area contributed by atoms with Crippen LogP contribution in [-0.4, -0.2) is 35.7 Å². The third kappa shape index (κ3) is 4.01. The van der Waals surface area contributed by atoms with Gasteiger partial charge in [0.1, 0.15) is 5.82 Å². The molecule has 1 heterocycles. The fourth-order valence-electron chi connectivity index (χ4n) is 3.07. The zero-order chi connectivity index (χ0) is 14.4. The molecular weight excluding hydrogens is 255 g/mol. The van der Waals surface area contributed by atoms with Crippen LogP contribution < -0.4 is 5.73 Å². The highest BCUT2D eigenvalue weighted by atomic mass is 19.1. The predicted octanol–water partition coefficient (Wildman–Crippen LogP) is 2.45. The monoisotopic (exact) mass is 280 g/mol. The van der Waals surface area contributed by atoms with Crippen LogP contribution in [0.2, 0.25) is 0 Å². The van der Waals surface area contributed by atoms with Gasteiger partial charge in [0.2, 0.25) is 0 Å². The minimum Gasteiger partial charge on any atom is -0.396 e. The zero-order valence-corrected chi connectivity index (χ0v) is 12.0. The van der Waals surface area contributed by atoms with Crippen molar-refractivity contribution < 1.29 is 9.50 Å². The summed E-state index contributed by atoms with van der Waals surface area (Å²) in [4.78, 5) is 2.40. The maximum atomic E-state index is 13.7. The van der Waals surface area contributed by atoms with Crippen LogP contribution in [-0.2, 0) is 0 Å². The number of halogens is 1. The van der Waals surface area contributed by atoms with E-state index in [0.717, 1.165) is 32.4 Å². The summed E-state index contributed by atoms with van der Waals surface area (Å²) in [6.45, 7) is 2.18. The standard InChI is InChI=1S/C16H25FN2O/c17-15-7-2-1-6-14(15)16(18)8-11-19-10-4-3-5-13(19)9-12-20/h1-2,6-7,13,16,20H,3-5,8-12,18H2. The number of rotatable bonds is 6. The van der Waals surface area contributed by atoms with Crippen LogP contribution in [0.5, 0.6) is 0 Å². The van der Waals surface area contributed by atoms with Crippen molar-refractivity contribution in [2.24, 2.45) is 5.73 Å². The Balaban J connectivity index is 1.88. The highest BCUT2D eigenvalue weighted by Gasteiger charge is 2.22. The van der Waals surface area contributed by atoms with Crippen LogP contribution in [0.4, 0.5) is 4.39 Å². The number of benzene rings is 1. The Bertz CT molecular complexity index is 411. The third-order valence-corrected chi connectivity index (χ3v) is 4.24. The molecule has 2 atom stereocenters. The number of piperidine rings is 1. The molecule has 0 bridgehead atoms. The van der Waals surface area contributed by atoms with Crippen LogP contribution in [0.15, 0.2) is 24.3 Å². The minimum absolute atomic E-state index is 0.217. The molecule has 1 aliphatic rings. The highest BCUT2D eigenvalue weighted by molar-refractivity contribution is 5.20. The lowest BCUT2D eigenvalue weighted by Crippen LogP contribution is -2.41. The van der Waals surface area contributed by atoms with Gasteiger partial charge in [0.25, 0.3) is 0 Å². The largest absolute Gasteiger partial charge is 0.396 e. The van der Waals surface area contributed by atoms with Crippen molar-refractivity contribution in [1.82, 2.24) is 4.90 Å². The lowest BCUT2D eigenvalue weighted by atomic mass is 9.98. The van der Waals surface area contributed by atoms with Crippen molar-refractivity contribution in [2.75, 3.05) is 19.7 Å². The molecule has 1 aliphatic heterocycles. The van der Waals surface area contributed by atoms with Crippen molar-refractivity contribution >= 4 is 0 Å². The maximum Gasteiger partial charge on any atom is 0.127 e. The third-order valence-electron chi connectivity index (χ3n) is 4.24. The highest BCUT2D eigenvalue weighted by Crippen LogP contribution is 2.23. The number of aliphatic hydroxyl groups is 1. The summed E-state index contributed by atoms with van der Waals surface area (Å²) in [6.07, 6.45) is 5.17. The van der Waals surface area contributed by atoms with E-state index in [0.29, 0.717) is 11.6 Å². The van der Waals surface area contributed by atoms with E-state index in [1.54, 1.807) is 12.1 Å². The second-order valence-corrected chi connectivity index (χ2v) is 5.61. The van der Waals surface area contributed by atoms with Gasteiger partial charge in [-0.1, -0.05) is 24.6 Å². The Morgan fingerprint density at radius 2 is 2.15 bits per heavy atom. The molecule has 0 saturated carbocycles. The summed E-state index contributed by atoms with van der Waals surface area (Å²) < 4.78 is 13.7. The average Bonchev–Trinajstić information content (AvgIpc) is 2.47. The summed E-state index contributed by atoms with van der Waals surface area (Å²) in [7, 11) is 0. The van der Waals surface area contributed by atoms with Crippen molar-refractivity contribution in [3.8, 4) is 0 Å². The van der Waals surface area contributed by atoms with Gasteiger partial charge in [-0.3, -0.25) is 0 Å². The van der Waals surface area contributed by atoms with Crippen LogP contribution >= 0.6 is 0 Å². The Kier molecular flexibility index (Phi) is 5.95. The first-order valence-corrected chi connectivity index (χ1v) is 7.57. The summed E-state index contributed by atoms with van der Waals surface area (Å²) in [5.74, 6) is -0.217. The van der Waals surface area contributed by atoms with E-state index in [9.17, 15) is 4.39 Å². The number of nitrogens with zero attached hydrogens (tertiary/aromatic N) is 1. The molecular formula is C16H25FN2O. The van der Waals surface area contributed by atoms with Gasteiger partial charge in [0.05, 0.1) is 0 Å². The number of hydrogen-bond donors (Lipinski definition) is 2. The van der Waals surface area contributed by atoms with Gasteiger partial charge in [-0.05, 0) is 38.3 Å². The Hall–Kier alpha value is -0.970. The van der Waals surface area contributed by atoms with E-state index < -0.39 is 0 Å². The first-order chi connectivity index (χ1) is 9.72. The molecule has 0 radical (unpaired) electrons. The maximum absolute atomic E-state index is 13.7. The minimum atomic E-state index is -0.257. The molecule has 1 aromatic rings. The number of likely N-dealkylation sites (tertiary alicyclic amines) is 1. The average molecular weight is 280 g/mol. The van der Waals surface area contributed by atoms with Gasteiger partial charge in [-0.25, -0.2) is 4.39 Å². The molecule has 0 aliphatic carbocycles. The SMILES string of the molecule is NC(CCN1CCCCC1CCO)c1ccccc1F. The number of nitrogens with two attached hydrogens (primary N) is 1. The second-order valence-electron chi connectivity index (χ2n) is 5.61. The predicted molar refractivity (Wildman–Crippen MR) is 78.9 cm³/mol. The summed E-state index contributed by atoms with van der Waals surface area (Å²) in [6, 6.07) is 6.95. The molecule has 3 nitrogen and oxygen atoms in total. The van der Waals surface area contributed by atoms with Crippen molar-refractivity contribution in [3.05, 3.63) is 35.6 Å². The molecule has 0 spiro atoms. The van der Waals surface area contributed by atoms with E-state index >= 15 is 0 Å². The number of aliphatic hydroxyl groups excluding tert-OH is 1. The quantitative estimate of drug-likeness (QED) is 0.841. The summed E-state index contributed by atoms with van der Waals surface area (Å²) in [5.41, 5.74) is 6.72. The van der Waals surface area contributed by atoms with Gasteiger partial charge < -0.3 is 15.7 Å². The molecule has 0 amide bonds. The van der Waals surface area contributed by atoms with Gasteiger partial charge >= 0.3 is 0 Å². The van der Waals surface area contributed by atoms with Crippen molar-refractivity contribution in [1.29, 1.82) is 0 Å². The van der Waals surface area contributed by atoms with Crippen molar-refractivity contribution in [2.45, 2.75) is 44.2 Å². The molecule has 112 valence electrons. The summed E-state index contributed by atoms with van der Waals surface area (Å²) in [5, 5.41) is 9.13. The Morgan fingerprint density at radius 3 is 2.90 bits per heavy atom. The fraction of sp³-hybridized carbons (Fsp3) is 0.625. The fourth-order valence-corrected chi connectivity index (χ4v) is 3.07. The van der Waals surface area contributed by atoms with E-state index in [1.165, 1.54) is 18.9 Å². The van der Waals surface area contributed by atoms with Crippen LogP contribution in [0, 0.1) is 5.82 Å². The van der Waals surface area contributed by atoms with Gasteiger partial charge in [-0.2, -0.15) is 0 Å². The van der Waals surface area contributed by atoms with Crippen molar-refractivity contribution in [3.63, 3.8) is 0 Å².